The summed E-state index contributed by atoms with van der Waals surface area (Å²) >= 11 is 5.02. The van der Waals surface area contributed by atoms with Crippen molar-refractivity contribution in [3.8, 4) is 5.75 Å². The van der Waals surface area contributed by atoms with Crippen LogP contribution in [-0.4, -0.2) is 66.8 Å². The number of H-pyrrole nitrogens is 1. The van der Waals surface area contributed by atoms with Crippen LogP contribution in [0.25, 0.3) is 0 Å². The molecule has 1 fully saturated rings. The number of aliphatic hydroxyl groups is 2. The molecule has 4 rings (SSSR count). The normalized spacial score (nSPS) is 33.3. The number of aliphatic hydroxyl groups excluding tert-OH is 2. The van der Waals surface area contributed by atoms with E-state index in [1.165, 1.54) is 6.92 Å². The lowest BCUT2D eigenvalue weighted by Gasteiger charge is -2.42. The van der Waals surface area contributed by atoms with Gasteiger partial charge in [-0.05, 0) is 31.6 Å². The van der Waals surface area contributed by atoms with Gasteiger partial charge in [-0.3, -0.25) is 18.8 Å². The quantitative estimate of drug-likeness (QED) is 0.309. The maximum Gasteiger partial charge on any atom is 0.529 e. The number of para-hydroxylation sites is 1. The Hall–Kier alpha value is -1.73. The molecule has 5 atom stereocenters. The molecule has 10 nitrogen and oxygen atoms in total. The second-order valence-corrected chi connectivity index (χ2v) is 9.99. The average Bonchev–Trinajstić information content (AvgIpc) is 2.93. The first kappa shape index (κ1) is 25.4. The summed E-state index contributed by atoms with van der Waals surface area (Å²) in [7, 11) is 13.0. The van der Waals surface area contributed by atoms with Crippen LogP contribution in [0.3, 0.4) is 0 Å². The predicted octanol–water partition coefficient (Wildman–Crippen LogP) is 0.444. The van der Waals surface area contributed by atoms with Gasteiger partial charge in [0.1, 0.15) is 47.1 Å². The van der Waals surface area contributed by atoms with Gasteiger partial charge in [0.25, 0.3) is 11.4 Å². The summed E-state index contributed by atoms with van der Waals surface area (Å²) in [5.74, 6) is -3.51. The molecule has 6 radical (unpaired) electrons. The van der Waals surface area contributed by atoms with Crippen LogP contribution >= 0.6 is 20.0 Å². The highest BCUT2D eigenvalue weighted by atomic mass is 32.1. The van der Waals surface area contributed by atoms with Crippen LogP contribution in [0.4, 0.5) is 4.39 Å². The molecule has 174 valence electrons. The Morgan fingerprint density at radius 3 is 2.68 bits per heavy atom. The van der Waals surface area contributed by atoms with Crippen molar-refractivity contribution in [3.63, 3.8) is 0 Å². The molecule has 0 amide bonds. The fourth-order valence-corrected chi connectivity index (χ4v) is 5.36. The highest BCUT2D eigenvalue weighted by molar-refractivity contribution is 7.71. The summed E-state index contributed by atoms with van der Waals surface area (Å²) in [6.07, 6.45) is -3.69. The van der Waals surface area contributed by atoms with Crippen molar-refractivity contribution in [2.75, 3.05) is 0 Å². The van der Waals surface area contributed by atoms with Crippen LogP contribution in [0.5, 0.6) is 5.75 Å². The van der Waals surface area contributed by atoms with E-state index in [2.05, 4.69) is 4.98 Å². The van der Waals surface area contributed by atoms with E-state index in [-0.39, 0.29) is 22.7 Å². The van der Waals surface area contributed by atoms with Gasteiger partial charge in [0.15, 0.2) is 4.77 Å². The van der Waals surface area contributed by atoms with Crippen LogP contribution in [0.1, 0.15) is 16.7 Å². The van der Waals surface area contributed by atoms with Crippen molar-refractivity contribution in [3.05, 3.63) is 56.2 Å². The van der Waals surface area contributed by atoms with Gasteiger partial charge in [-0.2, -0.15) is 0 Å². The number of aromatic nitrogens is 2. The number of fused-ring (bicyclic) bond motifs is 1. The smallest absolute Gasteiger partial charge is 0.403 e. The zero-order chi connectivity index (χ0) is 25.3. The third kappa shape index (κ3) is 3.83. The van der Waals surface area contributed by atoms with Crippen molar-refractivity contribution < 1.29 is 37.5 Å². The van der Waals surface area contributed by atoms with Crippen LogP contribution in [0.15, 0.2) is 29.2 Å². The minimum atomic E-state index is -4.65. The zero-order valence-electron chi connectivity index (χ0n) is 17.9. The number of alkyl halides is 1. The predicted molar refractivity (Wildman–Crippen MR) is 121 cm³/mol. The number of phosphoric acid groups is 1. The molecular weight excluding hydrogens is 487 g/mol. The molecule has 1 aromatic heterocycles. The van der Waals surface area contributed by atoms with Crippen molar-refractivity contribution >= 4 is 43.6 Å². The number of aromatic amines is 1. The van der Waals surface area contributed by atoms with Crippen molar-refractivity contribution in [2.24, 2.45) is 0 Å². The van der Waals surface area contributed by atoms with Gasteiger partial charge in [-0.25, -0.2) is 8.96 Å². The van der Waals surface area contributed by atoms with E-state index in [9.17, 15) is 19.6 Å². The van der Waals surface area contributed by atoms with E-state index in [1.54, 1.807) is 25.1 Å². The standard InChI is InChI=1S/C18H17B3FN2O8PS/c1-8-4-3-5-10-7-29-33(28,30-11(8)10)32-18(20,21)16(22)12(25)13(26)17(19,31-16)24-6-9(2)14(27)23-15(24)34/h3-6,12-13,25-26H,7H2,1-2H3,(H,23,27,34)/t12-,13+,16-,17-,33?/m0/s1. The van der Waals surface area contributed by atoms with Gasteiger partial charge >= 0.3 is 7.82 Å². The van der Waals surface area contributed by atoms with E-state index < -0.39 is 42.5 Å². The van der Waals surface area contributed by atoms with E-state index in [0.717, 1.165) is 10.8 Å². The lowest BCUT2D eigenvalue weighted by Crippen LogP contribution is -2.60. The first-order valence-corrected chi connectivity index (χ1v) is 11.7. The number of nitrogens with zero attached hydrogens (tertiary/aromatic N) is 1. The second-order valence-electron chi connectivity index (χ2n) is 8.09. The number of rotatable bonds is 4. The number of ether oxygens (including phenoxy) is 1. The summed E-state index contributed by atoms with van der Waals surface area (Å²) in [5.41, 5.74) is -1.98. The van der Waals surface area contributed by atoms with Gasteiger partial charge in [0.05, 0.1) is 12.0 Å². The molecule has 1 saturated heterocycles. The zero-order valence-corrected chi connectivity index (χ0v) is 19.6. The van der Waals surface area contributed by atoms with Crippen molar-refractivity contribution in [1.29, 1.82) is 0 Å². The molecule has 1 aromatic carbocycles. The van der Waals surface area contributed by atoms with E-state index in [1.807, 2.05) is 0 Å². The molecule has 3 heterocycles. The molecule has 16 heteroatoms. The van der Waals surface area contributed by atoms with Gasteiger partial charge in [0, 0.05) is 17.3 Å². The Kier molecular flexibility index (Phi) is 6.09. The number of halogens is 1. The first-order valence-electron chi connectivity index (χ1n) is 9.82. The van der Waals surface area contributed by atoms with Crippen molar-refractivity contribution in [1.82, 2.24) is 9.55 Å². The Morgan fingerprint density at radius 2 is 2.00 bits per heavy atom. The molecule has 0 saturated carbocycles. The highest BCUT2D eigenvalue weighted by Crippen LogP contribution is 2.59. The fraction of sp³-hybridized carbons (Fsp3) is 0.444. The minimum absolute atomic E-state index is 0.0746. The topological polar surface area (TPSA) is 132 Å². The first-order chi connectivity index (χ1) is 15.6. The maximum absolute atomic E-state index is 16.1. The molecule has 2 aliphatic rings. The molecule has 1 unspecified atom stereocenters. The molecule has 2 aliphatic heterocycles. The summed E-state index contributed by atoms with van der Waals surface area (Å²) in [6, 6.07) is 5.04. The molecule has 0 spiro atoms. The monoisotopic (exact) mass is 504 g/mol. The Balaban J connectivity index is 1.69. The van der Waals surface area contributed by atoms with E-state index in [4.69, 9.17) is 54.1 Å². The van der Waals surface area contributed by atoms with E-state index >= 15 is 4.39 Å². The van der Waals surface area contributed by atoms with Gasteiger partial charge in [0.2, 0.25) is 0 Å². The summed E-state index contributed by atoms with van der Waals surface area (Å²) in [5, 5.41) is 17.9. The molecule has 34 heavy (non-hydrogen) atoms. The number of hydrogen-bond acceptors (Lipinski definition) is 9. The lowest BCUT2D eigenvalue weighted by molar-refractivity contribution is -0.240. The SMILES string of the molecule is [B]C([B])(OP1(=O)OCc2cccc(C)c2O1)[C@@]1(F)O[C@@]([B])(n2cc(C)c(=O)[nH]c2=S)[C@H](O)[C@@H]1O. The largest absolute Gasteiger partial charge is 0.529 e. The molecular formula is C18H17B3FN2O8PS. The maximum atomic E-state index is 16.1. The number of benzene rings is 1. The van der Waals surface area contributed by atoms with Gasteiger partial charge in [-0.1, -0.05) is 18.2 Å². The Labute approximate surface area is 202 Å². The third-order valence-electron chi connectivity index (χ3n) is 5.58. The Bertz CT molecular complexity index is 1320. The number of nitrogens with one attached hydrogen (secondary N) is 1. The molecule has 3 N–H and O–H groups in total. The van der Waals surface area contributed by atoms with Crippen LogP contribution < -0.4 is 10.1 Å². The number of aryl methyl sites for hydroxylation is 2. The molecule has 0 bridgehead atoms. The third-order valence-corrected chi connectivity index (χ3v) is 7.26. The average molecular weight is 504 g/mol. The van der Waals surface area contributed by atoms with Crippen molar-refractivity contribution in [2.45, 2.75) is 49.5 Å². The summed E-state index contributed by atoms with van der Waals surface area (Å²) < 4.78 is 50.3. The molecule has 2 aromatic rings. The Morgan fingerprint density at radius 1 is 1.32 bits per heavy atom. The van der Waals surface area contributed by atoms with Gasteiger partial charge in [-0.15, -0.1) is 0 Å². The van der Waals surface area contributed by atoms with Gasteiger partial charge < -0.3 is 24.0 Å². The minimum Gasteiger partial charge on any atom is -0.403 e. The summed E-state index contributed by atoms with van der Waals surface area (Å²) in [4.78, 5) is 14.1. The fourth-order valence-electron chi connectivity index (χ4n) is 3.65. The van der Waals surface area contributed by atoms with E-state index in [0.29, 0.717) is 11.1 Å². The lowest BCUT2D eigenvalue weighted by atomic mass is 9.59. The summed E-state index contributed by atoms with van der Waals surface area (Å²) in [6.45, 7) is 2.82. The number of hydrogen-bond donors (Lipinski definition) is 3. The van der Waals surface area contributed by atoms with Crippen LogP contribution in [0.2, 0.25) is 0 Å². The number of phosphoric ester groups is 1. The van der Waals surface area contributed by atoms with Crippen LogP contribution in [0, 0.1) is 18.6 Å². The highest BCUT2D eigenvalue weighted by Gasteiger charge is 2.68. The molecule has 0 aliphatic carbocycles. The second kappa shape index (κ2) is 8.16. The van der Waals surface area contributed by atoms with Crippen LogP contribution in [-0.2, 0) is 30.6 Å².